The highest BCUT2D eigenvalue weighted by molar-refractivity contribution is 7.93. The van der Waals surface area contributed by atoms with Gasteiger partial charge in [-0.1, -0.05) is 12.1 Å². The topological polar surface area (TPSA) is 138 Å². The first kappa shape index (κ1) is 28.1. The highest BCUT2D eigenvalue weighted by atomic mass is 32.2. The smallest absolute Gasteiger partial charge is 0.264 e. The van der Waals surface area contributed by atoms with Crippen molar-refractivity contribution in [1.29, 1.82) is 0 Å². The Kier molecular flexibility index (Phi) is 7.38. The first-order chi connectivity index (χ1) is 17.6. The molecule has 4 rings (SSSR count). The van der Waals surface area contributed by atoms with Crippen molar-refractivity contribution < 1.29 is 30.4 Å². The number of aliphatic hydroxyl groups excluding tert-OH is 1. The summed E-state index contributed by atoms with van der Waals surface area (Å²) >= 11 is 0. The van der Waals surface area contributed by atoms with E-state index < -0.39 is 53.5 Å². The molecule has 1 fully saturated rings. The standard InChI is InChI=1S/C26H30N2O7S3/c1-17-5-11-23(13-19(17)3)37(32,33)27-21-7-9-22(10-8-21)28(25-15-36(30,31)16-26(25)29)38(34,35)24-12-6-18(2)20(4)14-24/h5-14,25-27,29H,15-16H2,1-4H3/t25-,26+/m1/s1. The second-order valence-corrected chi connectivity index (χ2v) is 15.3. The Balaban J connectivity index is 1.73. The summed E-state index contributed by atoms with van der Waals surface area (Å²) in [6, 6.07) is 13.7. The summed E-state index contributed by atoms with van der Waals surface area (Å²) in [5.74, 6) is -1.09. The van der Waals surface area contributed by atoms with Crippen LogP contribution in [0.5, 0.6) is 0 Å². The average Bonchev–Trinajstić information content (AvgIpc) is 3.09. The number of nitrogens with one attached hydrogen (secondary N) is 1. The number of aryl methyl sites for hydroxylation is 4. The Bertz CT molecular complexity index is 1700. The van der Waals surface area contributed by atoms with E-state index in [1.807, 2.05) is 20.8 Å². The molecule has 0 spiro atoms. The van der Waals surface area contributed by atoms with Gasteiger partial charge < -0.3 is 5.11 Å². The van der Waals surface area contributed by atoms with E-state index in [1.54, 1.807) is 25.1 Å². The van der Waals surface area contributed by atoms with Gasteiger partial charge >= 0.3 is 0 Å². The zero-order valence-corrected chi connectivity index (χ0v) is 23.9. The third-order valence-corrected chi connectivity index (χ3v) is 11.7. The molecule has 12 heteroatoms. The Labute approximate surface area is 224 Å². The number of rotatable bonds is 7. The van der Waals surface area contributed by atoms with Gasteiger partial charge in [-0.15, -0.1) is 0 Å². The summed E-state index contributed by atoms with van der Waals surface area (Å²) < 4.78 is 81.4. The molecule has 0 bridgehead atoms. The predicted molar refractivity (Wildman–Crippen MR) is 147 cm³/mol. The molecule has 9 nitrogen and oxygen atoms in total. The molecule has 1 aliphatic heterocycles. The van der Waals surface area contributed by atoms with Crippen LogP contribution in [0.2, 0.25) is 0 Å². The van der Waals surface area contributed by atoms with E-state index in [0.717, 1.165) is 26.6 Å². The number of hydrogen-bond donors (Lipinski definition) is 2. The molecule has 2 atom stereocenters. The van der Waals surface area contributed by atoms with Gasteiger partial charge in [0.2, 0.25) is 0 Å². The monoisotopic (exact) mass is 578 g/mol. The first-order valence-corrected chi connectivity index (χ1v) is 16.6. The Morgan fingerprint density at radius 2 is 1.29 bits per heavy atom. The molecule has 3 aromatic carbocycles. The fraction of sp³-hybridized carbons (Fsp3) is 0.308. The molecule has 38 heavy (non-hydrogen) atoms. The lowest BCUT2D eigenvalue weighted by atomic mass is 10.1. The maximum absolute atomic E-state index is 13.8. The number of hydrogen-bond acceptors (Lipinski definition) is 7. The van der Waals surface area contributed by atoms with Crippen LogP contribution in [0.15, 0.2) is 70.5 Å². The van der Waals surface area contributed by atoms with Crippen molar-refractivity contribution in [3.05, 3.63) is 82.9 Å². The van der Waals surface area contributed by atoms with Crippen molar-refractivity contribution >= 4 is 41.3 Å². The van der Waals surface area contributed by atoms with Crippen LogP contribution in [-0.2, 0) is 29.9 Å². The molecule has 1 aliphatic rings. The minimum absolute atomic E-state index is 0.0448. The van der Waals surface area contributed by atoms with E-state index in [-0.39, 0.29) is 21.2 Å². The van der Waals surface area contributed by atoms with Gasteiger partial charge in [-0.3, -0.25) is 9.03 Å². The van der Waals surface area contributed by atoms with Crippen LogP contribution in [-0.4, -0.2) is 54.0 Å². The Morgan fingerprint density at radius 1 is 0.763 bits per heavy atom. The zero-order valence-electron chi connectivity index (χ0n) is 21.4. The van der Waals surface area contributed by atoms with Gasteiger partial charge in [-0.2, -0.15) is 0 Å². The largest absolute Gasteiger partial charge is 0.390 e. The van der Waals surface area contributed by atoms with Crippen molar-refractivity contribution in [2.75, 3.05) is 20.5 Å². The number of sulfonamides is 2. The normalized spacial score (nSPS) is 19.3. The second-order valence-electron chi connectivity index (χ2n) is 9.66. The third kappa shape index (κ3) is 5.58. The van der Waals surface area contributed by atoms with Crippen LogP contribution < -0.4 is 9.03 Å². The lowest BCUT2D eigenvalue weighted by Gasteiger charge is -2.31. The summed E-state index contributed by atoms with van der Waals surface area (Å²) in [7, 11) is -11.9. The van der Waals surface area contributed by atoms with Gasteiger partial charge in [0, 0.05) is 5.69 Å². The van der Waals surface area contributed by atoms with Gasteiger partial charge in [-0.05, 0) is 98.5 Å². The van der Waals surface area contributed by atoms with Crippen molar-refractivity contribution in [2.45, 2.75) is 49.6 Å². The fourth-order valence-electron chi connectivity index (χ4n) is 4.30. The summed E-state index contributed by atoms with van der Waals surface area (Å²) in [6.45, 7) is 7.30. The number of aliphatic hydroxyl groups is 1. The molecule has 0 unspecified atom stereocenters. The number of sulfone groups is 1. The van der Waals surface area contributed by atoms with E-state index in [9.17, 15) is 30.4 Å². The average molecular weight is 579 g/mol. The van der Waals surface area contributed by atoms with Crippen LogP contribution in [0.1, 0.15) is 22.3 Å². The Morgan fingerprint density at radius 3 is 1.79 bits per heavy atom. The molecular weight excluding hydrogens is 548 g/mol. The highest BCUT2D eigenvalue weighted by Gasteiger charge is 2.45. The van der Waals surface area contributed by atoms with Crippen LogP contribution in [0.4, 0.5) is 11.4 Å². The highest BCUT2D eigenvalue weighted by Crippen LogP contribution is 2.33. The SMILES string of the molecule is Cc1ccc(S(=O)(=O)Nc2ccc(N([C@@H]3CS(=O)(=O)C[C@@H]3O)S(=O)(=O)c3ccc(C)c(C)c3)cc2)cc1C. The molecule has 0 aliphatic carbocycles. The maximum Gasteiger partial charge on any atom is 0.264 e. The molecule has 2 N–H and O–H groups in total. The summed E-state index contributed by atoms with van der Waals surface area (Å²) in [5, 5.41) is 10.6. The molecule has 3 aromatic rings. The zero-order chi connectivity index (χ0) is 28.0. The van der Waals surface area contributed by atoms with Gasteiger partial charge in [-0.25, -0.2) is 25.3 Å². The molecule has 0 radical (unpaired) electrons. The quantitative estimate of drug-likeness (QED) is 0.439. The minimum atomic E-state index is -4.29. The van der Waals surface area contributed by atoms with Crippen LogP contribution in [0.3, 0.4) is 0 Å². The van der Waals surface area contributed by atoms with Crippen LogP contribution in [0, 0.1) is 27.7 Å². The summed E-state index contributed by atoms with van der Waals surface area (Å²) in [6.07, 6.45) is -1.43. The summed E-state index contributed by atoms with van der Waals surface area (Å²) in [5.41, 5.74) is 3.68. The third-order valence-electron chi connectivity index (χ3n) is 6.79. The lowest BCUT2D eigenvalue weighted by molar-refractivity contribution is 0.184. The second kappa shape index (κ2) is 9.99. The molecule has 204 valence electrons. The molecule has 0 saturated carbocycles. The molecule has 0 amide bonds. The van der Waals surface area contributed by atoms with E-state index in [1.165, 1.54) is 42.5 Å². The van der Waals surface area contributed by atoms with Crippen molar-refractivity contribution in [1.82, 2.24) is 0 Å². The molecule has 1 saturated heterocycles. The summed E-state index contributed by atoms with van der Waals surface area (Å²) in [4.78, 5) is 0.0412. The number of anilines is 2. The van der Waals surface area contributed by atoms with Crippen molar-refractivity contribution in [3.63, 3.8) is 0 Å². The fourth-order valence-corrected chi connectivity index (χ4v) is 9.07. The van der Waals surface area contributed by atoms with Gasteiger partial charge in [0.15, 0.2) is 9.84 Å². The predicted octanol–water partition coefficient (Wildman–Crippen LogP) is 3.07. The van der Waals surface area contributed by atoms with Crippen LogP contribution >= 0.6 is 0 Å². The van der Waals surface area contributed by atoms with Crippen molar-refractivity contribution in [2.24, 2.45) is 0 Å². The first-order valence-electron chi connectivity index (χ1n) is 11.8. The van der Waals surface area contributed by atoms with Gasteiger partial charge in [0.1, 0.15) is 0 Å². The van der Waals surface area contributed by atoms with E-state index >= 15 is 0 Å². The van der Waals surface area contributed by atoms with E-state index in [0.29, 0.717) is 0 Å². The van der Waals surface area contributed by atoms with Crippen molar-refractivity contribution in [3.8, 4) is 0 Å². The molecular formula is C26H30N2O7S3. The maximum atomic E-state index is 13.8. The Hall–Kier alpha value is -2.93. The minimum Gasteiger partial charge on any atom is -0.390 e. The van der Waals surface area contributed by atoms with E-state index in [2.05, 4.69) is 4.72 Å². The van der Waals surface area contributed by atoms with Gasteiger partial charge in [0.25, 0.3) is 20.0 Å². The number of nitrogens with zero attached hydrogens (tertiary/aromatic N) is 1. The number of benzene rings is 3. The van der Waals surface area contributed by atoms with Gasteiger partial charge in [0.05, 0.1) is 39.1 Å². The lowest BCUT2D eigenvalue weighted by Crippen LogP contribution is -2.47. The van der Waals surface area contributed by atoms with Crippen LogP contribution in [0.25, 0.3) is 0 Å². The van der Waals surface area contributed by atoms with E-state index in [4.69, 9.17) is 0 Å². The molecule has 0 aromatic heterocycles. The molecule has 1 heterocycles.